The predicted molar refractivity (Wildman–Crippen MR) is 91.7 cm³/mol. The zero-order valence-corrected chi connectivity index (χ0v) is 14.0. The van der Waals surface area contributed by atoms with Crippen molar-refractivity contribution < 1.29 is 9.53 Å². The molecule has 1 saturated heterocycles. The summed E-state index contributed by atoms with van der Waals surface area (Å²) >= 11 is 0. The summed E-state index contributed by atoms with van der Waals surface area (Å²) < 4.78 is 7.13. The maximum Gasteiger partial charge on any atom is 0.226 e. The van der Waals surface area contributed by atoms with Gasteiger partial charge >= 0.3 is 0 Å². The summed E-state index contributed by atoms with van der Waals surface area (Å²) in [4.78, 5) is 20.2. The first-order chi connectivity index (χ1) is 10.3. The third-order valence-corrected chi connectivity index (χ3v) is 3.23. The van der Waals surface area contributed by atoms with Crippen LogP contribution in [0.3, 0.4) is 0 Å². The first-order valence-electron chi connectivity index (χ1n) is 6.86. The van der Waals surface area contributed by atoms with Crippen molar-refractivity contribution in [3.63, 3.8) is 0 Å². The van der Waals surface area contributed by atoms with Crippen molar-refractivity contribution in [3.05, 3.63) is 37.1 Å². The fraction of sp³-hybridized carbons (Fsp3) is 0.357. The van der Waals surface area contributed by atoms with E-state index < -0.39 is 0 Å². The molecule has 0 radical (unpaired) electrons. The Balaban J connectivity index is 0.00000132. The molecule has 7 nitrogen and oxygen atoms in total. The molecule has 2 aromatic rings. The minimum Gasteiger partial charge on any atom is -0.378 e. The highest BCUT2D eigenvalue weighted by atomic mass is 35.5. The minimum absolute atomic E-state index is 0. The summed E-state index contributed by atoms with van der Waals surface area (Å²) in [5.41, 5.74) is 0.681. The van der Waals surface area contributed by atoms with Gasteiger partial charge in [0.1, 0.15) is 12.1 Å². The summed E-state index contributed by atoms with van der Waals surface area (Å²) in [5, 5.41) is 6.09. The second-order valence-corrected chi connectivity index (χ2v) is 4.85. The van der Waals surface area contributed by atoms with Crippen molar-refractivity contribution in [2.24, 2.45) is 0 Å². The van der Waals surface area contributed by atoms with Crippen LogP contribution >= 0.6 is 24.8 Å². The molecule has 0 spiro atoms. The lowest BCUT2D eigenvalue weighted by molar-refractivity contribution is -0.117. The van der Waals surface area contributed by atoms with Crippen LogP contribution in [0.5, 0.6) is 0 Å². The Hall–Kier alpha value is -1.67. The average Bonchev–Trinajstić information content (AvgIpc) is 3.03. The zero-order valence-electron chi connectivity index (χ0n) is 12.3. The van der Waals surface area contributed by atoms with E-state index in [1.165, 1.54) is 0 Å². The second-order valence-electron chi connectivity index (χ2n) is 4.85. The highest BCUT2D eigenvalue weighted by Gasteiger charge is 2.16. The number of ether oxygens (including phenoxy) is 1. The van der Waals surface area contributed by atoms with Gasteiger partial charge in [0, 0.05) is 31.4 Å². The smallest absolute Gasteiger partial charge is 0.226 e. The molecular formula is C14H19Cl2N5O2. The van der Waals surface area contributed by atoms with Gasteiger partial charge in [0.05, 0.1) is 25.1 Å². The molecule has 2 N–H and O–H groups in total. The summed E-state index contributed by atoms with van der Waals surface area (Å²) in [6.45, 7) is 2.07. The van der Waals surface area contributed by atoms with Gasteiger partial charge in [-0.15, -0.1) is 24.8 Å². The Morgan fingerprint density at radius 1 is 1.43 bits per heavy atom. The van der Waals surface area contributed by atoms with Crippen molar-refractivity contribution >= 4 is 36.4 Å². The van der Waals surface area contributed by atoms with Gasteiger partial charge in [0.15, 0.2) is 0 Å². The number of imidazole rings is 1. The van der Waals surface area contributed by atoms with E-state index in [4.69, 9.17) is 4.74 Å². The largest absolute Gasteiger partial charge is 0.378 e. The Labute approximate surface area is 146 Å². The van der Waals surface area contributed by atoms with Crippen molar-refractivity contribution in [1.29, 1.82) is 0 Å². The number of rotatable bonds is 4. The first-order valence-corrected chi connectivity index (χ1v) is 6.86. The van der Waals surface area contributed by atoms with E-state index in [1.54, 1.807) is 23.3 Å². The number of nitrogens with one attached hydrogen (secondary N) is 2. The molecule has 1 atom stereocenters. The van der Waals surface area contributed by atoms with Gasteiger partial charge in [-0.25, -0.2) is 9.97 Å². The van der Waals surface area contributed by atoms with Gasteiger partial charge in [0.2, 0.25) is 5.91 Å². The van der Waals surface area contributed by atoms with Crippen molar-refractivity contribution in [2.75, 3.05) is 25.1 Å². The summed E-state index contributed by atoms with van der Waals surface area (Å²) in [6, 6.07) is 3.74. The molecule has 0 aliphatic carbocycles. The number of carbonyl (C=O) groups excluding carboxylic acids is 1. The molecule has 0 bridgehead atoms. The van der Waals surface area contributed by atoms with E-state index in [2.05, 4.69) is 20.6 Å². The topological polar surface area (TPSA) is 81.1 Å². The standard InChI is InChI=1S/C14H17N5O2.2ClH/c20-14(7-12-9-21-6-4-16-12)18-11-1-2-13(17-8-11)19-5-3-15-10-19;;/h1-3,5,8,10,12,16H,4,6-7,9H2,(H,18,20);2*1H. The lowest BCUT2D eigenvalue weighted by Crippen LogP contribution is -2.43. The van der Waals surface area contributed by atoms with Crippen LogP contribution in [0.4, 0.5) is 5.69 Å². The molecular weight excluding hydrogens is 341 g/mol. The number of morpholine rings is 1. The second kappa shape index (κ2) is 9.46. The van der Waals surface area contributed by atoms with Gasteiger partial charge in [-0.2, -0.15) is 0 Å². The van der Waals surface area contributed by atoms with Crippen molar-refractivity contribution in [3.8, 4) is 5.82 Å². The third kappa shape index (κ3) is 5.47. The molecule has 126 valence electrons. The highest BCUT2D eigenvalue weighted by molar-refractivity contribution is 5.91. The molecule has 0 saturated carbocycles. The zero-order chi connectivity index (χ0) is 14.5. The fourth-order valence-corrected chi connectivity index (χ4v) is 2.19. The number of halogens is 2. The number of hydrogen-bond donors (Lipinski definition) is 2. The molecule has 1 fully saturated rings. The number of amides is 1. The molecule has 1 unspecified atom stereocenters. The molecule has 1 aliphatic heterocycles. The number of anilines is 1. The van der Waals surface area contributed by atoms with E-state index in [0.717, 1.165) is 12.4 Å². The SMILES string of the molecule is Cl.Cl.O=C(CC1COCCN1)Nc1ccc(-n2ccnc2)nc1. The van der Waals surface area contributed by atoms with Crippen LogP contribution < -0.4 is 10.6 Å². The van der Waals surface area contributed by atoms with E-state index in [-0.39, 0.29) is 36.8 Å². The van der Waals surface area contributed by atoms with Crippen molar-refractivity contribution in [2.45, 2.75) is 12.5 Å². The number of hydrogen-bond acceptors (Lipinski definition) is 5. The van der Waals surface area contributed by atoms with Crippen molar-refractivity contribution in [1.82, 2.24) is 19.9 Å². The van der Waals surface area contributed by atoms with Gasteiger partial charge < -0.3 is 15.4 Å². The van der Waals surface area contributed by atoms with Gasteiger partial charge in [-0.1, -0.05) is 0 Å². The van der Waals surface area contributed by atoms with Gasteiger partial charge in [-0.05, 0) is 12.1 Å². The molecule has 9 heteroatoms. The van der Waals surface area contributed by atoms with E-state index >= 15 is 0 Å². The average molecular weight is 360 g/mol. The quantitative estimate of drug-likeness (QED) is 0.862. The number of pyridine rings is 1. The maximum atomic E-state index is 11.9. The van der Waals surface area contributed by atoms with E-state index in [9.17, 15) is 4.79 Å². The van der Waals surface area contributed by atoms with Crippen LogP contribution in [0, 0.1) is 0 Å². The molecule has 3 heterocycles. The summed E-state index contributed by atoms with van der Waals surface area (Å²) in [7, 11) is 0. The molecule has 1 amide bonds. The Kier molecular flexibility index (Phi) is 7.97. The molecule has 2 aromatic heterocycles. The predicted octanol–water partition coefficient (Wildman–Crippen LogP) is 1.43. The molecule has 0 aromatic carbocycles. The molecule has 3 rings (SSSR count). The fourth-order valence-electron chi connectivity index (χ4n) is 2.19. The van der Waals surface area contributed by atoms with Crippen LogP contribution in [0.2, 0.25) is 0 Å². The first kappa shape index (κ1) is 19.4. The third-order valence-electron chi connectivity index (χ3n) is 3.23. The van der Waals surface area contributed by atoms with Crippen LogP contribution in [0.25, 0.3) is 5.82 Å². The lowest BCUT2D eigenvalue weighted by atomic mass is 10.2. The van der Waals surface area contributed by atoms with Gasteiger partial charge in [0.25, 0.3) is 0 Å². The Morgan fingerprint density at radius 3 is 2.91 bits per heavy atom. The molecule has 23 heavy (non-hydrogen) atoms. The number of carbonyl (C=O) groups is 1. The van der Waals surface area contributed by atoms with E-state index in [0.29, 0.717) is 25.3 Å². The van der Waals surface area contributed by atoms with Crippen LogP contribution in [-0.2, 0) is 9.53 Å². The monoisotopic (exact) mass is 359 g/mol. The van der Waals surface area contributed by atoms with Crippen LogP contribution in [0.15, 0.2) is 37.1 Å². The Morgan fingerprint density at radius 2 is 2.30 bits per heavy atom. The van der Waals surface area contributed by atoms with E-state index in [1.807, 2.05) is 18.3 Å². The summed E-state index contributed by atoms with van der Waals surface area (Å²) in [6.07, 6.45) is 7.21. The Bertz CT molecular complexity index is 586. The number of aromatic nitrogens is 3. The van der Waals surface area contributed by atoms with Crippen LogP contribution in [0.1, 0.15) is 6.42 Å². The number of nitrogens with zero attached hydrogens (tertiary/aromatic N) is 3. The van der Waals surface area contributed by atoms with Gasteiger partial charge in [-0.3, -0.25) is 9.36 Å². The molecule has 1 aliphatic rings. The lowest BCUT2D eigenvalue weighted by Gasteiger charge is -2.23. The van der Waals surface area contributed by atoms with Crippen LogP contribution in [-0.4, -0.2) is 46.2 Å². The summed E-state index contributed by atoms with van der Waals surface area (Å²) in [5.74, 6) is 0.711. The normalized spacial score (nSPS) is 16.8. The maximum absolute atomic E-state index is 11.9. The highest BCUT2D eigenvalue weighted by Crippen LogP contribution is 2.10. The minimum atomic E-state index is -0.0461.